The van der Waals surface area contributed by atoms with Crippen LogP contribution in [0, 0.1) is 0 Å². The molecule has 0 aliphatic carbocycles. The van der Waals surface area contributed by atoms with Crippen molar-refractivity contribution in [2.45, 2.75) is 39.7 Å². The molecule has 1 unspecified atom stereocenters. The molecule has 2 aromatic rings. The Bertz CT molecular complexity index is 722. The molecule has 11 heteroatoms. The van der Waals surface area contributed by atoms with Gasteiger partial charge in [0.1, 0.15) is 11.4 Å². The molecule has 2 N–H and O–H groups in total. The number of hydrogen-bond donors (Lipinski definition) is 3. The number of halogens is 1. The van der Waals surface area contributed by atoms with E-state index in [2.05, 4.69) is 57.6 Å². The number of nitrogens with one attached hydrogen (secondary N) is 2. The van der Waals surface area contributed by atoms with Gasteiger partial charge in [0.25, 0.3) is 0 Å². The molecule has 30 heavy (non-hydrogen) atoms. The molecule has 3 heterocycles. The Morgan fingerprint density at radius 2 is 1.83 bits per heavy atom. The molecule has 0 aromatic carbocycles. The van der Waals surface area contributed by atoms with Crippen molar-refractivity contribution in [2.75, 3.05) is 19.8 Å². The molecule has 165 valence electrons. The first-order chi connectivity index (χ1) is 14.4. The number of carbonyl (C=O) groups excluding carboxylic acids is 2. The van der Waals surface area contributed by atoms with Crippen LogP contribution in [0.1, 0.15) is 54.6 Å². The van der Waals surface area contributed by atoms with Gasteiger partial charge in [-0.25, -0.2) is 9.59 Å². The van der Waals surface area contributed by atoms with Gasteiger partial charge in [-0.05, 0) is 73.8 Å². The van der Waals surface area contributed by atoms with Crippen molar-refractivity contribution in [1.82, 2.24) is 9.97 Å². The minimum absolute atomic E-state index is 0.299. The van der Waals surface area contributed by atoms with Crippen LogP contribution < -0.4 is 0 Å². The number of thiol groups is 1. The summed E-state index contributed by atoms with van der Waals surface area (Å²) < 4.78 is 18.1. The molecule has 1 atom stereocenters. The van der Waals surface area contributed by atoms with Gasteiger partial charge in [0, 0.05) is 12.8 Å². The van der Waals surface area contributed by atoms with Gasteiger partial charge in [-0.15, -0.1) is 0 Å². The summed E-state index contributed by atoms with van der Waals surface area (Å²) in [7, 11) is 4.34. The van der Waals surface area contributed by atoms with E-state index in [1.807, 2.05) is 0 Å². The molecule has 0 spiro atoms. The summed E-state index contributed by atoms with van der Waals surface area (Å²) in [5.74, 6) is -0.620. The Morgan fingerprint density at radius 1 is 1.23 bits per heavy atom. The van der Waals surface area contributed by atoms with E-state index in [4.69, 9.17) is 14.2 Å². The van der Waals surface area contributed by atoms with Crippen molar-refractivity contribution in [2.24, 2.45) is 4.30 Å². The Morgan fingerprint density at radius 3 is 2.17 bits per heavy atom. The Hall–Kier alpha value is -1.85. The first kappa shape index (κ1) is 28.2. The molecule has 1 aliphatic heterocycles. The maximum atomic E-state index is 11.0. The molecule has 2 aromatic heterocycles. The first-order valence-corrected chi connectivity index (χ1v) is 10.6. The number of aromatic amines is 2. The number of esters is 2. The van der Waals surface area contributed by atoms with Crippen LogP contribution in [0.2, 0.25) is 0 Å². The van der Waals surface area contributed by atoms with Gasteiger partial charge in [-0.3, -0.25) is 0 Å². The van der Waals surface area contributed by atoms with E-state index in [1.54, 1.807) is 44.3 Å². The van der Waals surface area contributed by atoms with Crippen molar-refractivity contribution >= 4 is 48.3 Å². The standard InChI is InChI=1S/C7H8BrNO2.C7H9NO2.C5H10O.BHNS/c1-2-11-7(10)5-3-4-6(8)9-5;1-2-10-7(9)6-4-3-5-8-6;1-5-3-2-4-6-5;1-2-3/h3-4,9H,2H2,1H3;3-5,8H,2H2,1H3;5H,2-4H2,1H3;3H. The van der Waals surface area contributed by atoms with Gasteiger partial charge >= 0.3 is 36.7 Å². The van der Waals surface area contributed by atoms with Crippen LogP contribution in [0.4, 0.5) is 0 Å². The molecule has 1 aliphatic rings. The molecule has 0 saturated carbocycles. The van der Waals surface area contributed by atoms with Crippen molar-refractivity contribution in [3.63, 3.8) is 0 Å². The molecule has 0 bridgehead atoms. The second-order valence-electron chi connectivity index (χ2n) is 5.68. The number of carbonyl (C=O) groups is 2. The summed E-state index contributed by atoms with van der Waals surface area (Å²) in [6.07, 6.45) is 4.76. The molecular formula is C19H28BBrN3O5S. The summed E-state index contributed by atoms with van der Waals surface area (Å²) in [6, 6.07) is 6.86. The summed E-state index contributed by atoms with van der Waals surface area (Å²) >= 11 is 6.38. The van der Waals surface area contributed by atoms with E-state index in [1.165, 1.54) is 12.8 Å². The third-order valence-electron chi connectivity index (χ3n) is 3.40. The molecule has 1 radical (unpaired) electrons. The van der Waals surface area contributed by atoms with Gasteiger partial charge in [-0.2, -0.15) is 0 Å². The van der Waals surface area contributed by atoms with Gasteiger partial charge in [-0.1, -0.05) is 0 Å². The number of nitrogens with zero attached hydrogens (tertiary/aromatic N) is 1. The van der Waals surface area contributed by atoms with E-state index in [0.717, 1.165) is 11.2 Å². The fourth-order valence-corrected chi connectivity index (χ4v) is 2.45. The third kappa shape index (κ3) is 13.4. The number of ether oxygens (including phenoxy) is 3. The van der Waals surface area contributed by atoms with Gasteiger partial charge in [0.2, 0.25) is 0 Å². The Kier molecular flexibility index (Phi) is 16.9. The van der Waals surface area contributed by atoms with Crippen LogP contribution in [0.25, 0.3) is 0 Å². The fraction of sp³-hybridized carbons (Fsp3) is 0.474. The van der Waals surface area contributed by atoms with Gasteiger partial charge in [0.15, 0.2) is 0 Å². The first-order valence-electron chi connectivity index (χ1n) is 9.37. The predicted molar refractivity (Wildman–Crippen MR) is 123 cm³/mol. The normalized spacial score (nSPS) is 13.9. The molecule has 1 fully saturated rings. The average Bonchev–Trinajstić information content (AvgIpc) is 3.47. The zero-order valence-corrected chi connectivity index (χ0v) is 19.9. The van der Waals surface area contributed by atoms with E-state index in [-0.39, 0.29) is 11.9 Å². The number of H-pyrrole nitrogens is 2. The van der Waals surface area contributed by atoms with Gasteiger partial charge < -0.3 is 24.2 Å². The Labute approximate surface area is 192 Å². The SMILES string of the molecule is CC1CCCO1.CCOC(=O)c1ccc(Br)[nH]1.CCOC(=O)c1ccc[nH]1.[B]=NS. The third-order valence-corrected chi connectivity index (χ3v) is 3.86. The van der Waals surface area contributed by atoms with Crippen molar-refractivity contribution in [1.29, 1.82) is 0 Å². The monoisotopic (exact) mass is 500 g/mol. The summed E-state index contributed by atoms with van der Waals surface area (Å²) in [5, 5.41) is 0. The summed E-state index contributed by atoms with van der Waals surface area (Å²) in [6.45, 7) is 7.47. The zero-order valence-electron chi connectivity index (χ0n) is 17.4. The van der Waals surface area contributed by atoms with E-state index < -0.39 is 0 Å². The van der Waals surface area contributed by atoms with Crippen LogP contribution in [0.3, 0.4) is 0 Å². The molecule has 8 nitrogen and oxygen atoms in total. The van der Waals surface area contributed by atoms with Gasteiger partial charge in [0.05, 0.1) is 23.9 Å². The quantitative estimate of drug-likeness (QED) is 0.325. The molecule has 1 saturated heterocycles. The summed E-state index contributed by atoms with van der Waals surface area (Å²) in [5.41, 5.74) is 0.973. The zero-order chi connectivity index (χ0) is 22.8. The van der Waals surface area contributed by atoms with Crippen LogP contribution in [-0.2, 0) is 14.2 Å². The second-order valence-corrected chi connectivity index (χ2v) is 6.77. The second kappa shape index (κ2) is 18.0. The molecular weight excluding hydrogens is 473 g/mol. The van der Waals surface area contributed by atoms with Crippen LogP contribution in [0.15, 0.2) is 39.4 Å². The number of aromatic nitrogens is 2. The predicted octanol–water partition coefficient (Wildman–Crippen LogP) is 4.51. The molecule has 3 rings (SSSR count). The van der Waals surface area contributed by atoms with Crippen LogP contribution in [-0.4, -0.2) is 55.5 Å². The molecule has 0 amide bonds. The number of rotatable bonds is 4. The topological polar surface area (TPSA) is 106 Å². The van der Waals surface area contributed by atoms with Crippen LogP contribution in [0.5, 0.6) is 0 Å². The number of hydrogen-bond acceptors (Lipinski definition) is 7. The van der Waals surface area contributed by atoms with E-state index in [9.17, 15) is 9.59 Å². The maximum absolute atomic E-state index is 11.0. The Balaban J connectivity index is 0.000000407. The summed E-state index contributed by atoms with van der Waals surface area (Å²) in [4.78, 5) is 27.4. The average molecular weight is 501 g/mol. The van der Waals surface area contributed by atoms with E-state index >= 15 is 0 Å². The van der Waals surface area contributed by atoms with Crippen molar-refractivity contribution < 1.29 is 23.8 Å². The minimum atomic E-state index is -0.321. The fourth-order valence-electron chi connectivity index (χ4n) is 2.10. The van der Waals surface area contributed by atoms with Crippen molar-refractivity contribution in [3.8, 4) is 0 Å². The van der Waals surface area contributed by atoms with Crippen LogP contribution >= 0.6 is 28.7 Å². The van der Waals surface area contributed by atoms with E-state index in [0.29, 0.717) is 30.7 Å². The van der Waals surface area contributed by atoms with Crippen molar-refractivity contribution in [3.05, 3.63) is 46.5 Å².